The molecule has 2 aromatic rings. The molecule has 0 radical (unpaired) electrons. The van der Waals surface area contributed by atoms with Crippen LogP contribution < -0.4 is 15.2 Å². The number of hydrogen-bond donors (Lipinski definition) is 1. The summed E-state index contributed by atoms with van der Waals surface area (Å²) in [6.45, 7) is 0. The van der Waals surface area contributed by atoms with Crippen molar-refractivity contribution in [1.82, 2.24) is 9.88 Å². The van der Waals surface area contributed by atoms with Gasteiger partial charge >= 0.3 is 0 Å². The summed E-state index contributed by atoms with van der Waals surface area (Å²) in [5.74, 6) is 1.93. The highest BCUT2D eigenvalue weighted by Gasteiger charge is 2.46. The van der Waals surface area contributed by atoms with Gasteiger partial charge in [0.15, 0.2) is 16.6 Å². The number of nitrogens with two attached hydrogens (primary N) is 1. The van der Waals surface area contributed by atoms with Crippen molar-refractivity contribution in [2.45, 2.75) is 30.8 Å². The molecule has 0 amide bonds. The largest absolute Gasteiger partial charge is 0.493 e. The van der Waals surface area contributed by atoms with Crippen molar-refractivity contribution in [3.63, 3.8) is 0 Å². The lowest BCUT2D eigenvalue weighted by atomic mass is 9.74. The molecule has 1 aromatic heterocycles. The number of benzene rings is 1. The minimum absolute atomic E-state index is 0.308. The molecule has 1 aliphatic carbocycles. The van der Waals surface area contributed by atoms with Crippen LogP contribution >= 0.6 is 11.3 Å². The molecule has 1 aromatic carbocycles. The van der Waals surface area contributed by atoms with Gasteiger partial charge in [0.2, 0.25) is 0 Å². The van der Waals surface area contributed by atoms with Gasteiger partial charge in [-0.25, -0.2) is 4.98 Å². The maximum absolute atomic E-state index is 5.98. The number of methoxy groups -OCH3 is 2. The van der Waals surface area contributed by atoms with Crippen LogP contribution in [-0.2, 0) is 0 Å². The van der Waals surface area contributed by atoms with Crippen LogP contribution in [0.2, 0.25) is 0 Å². The van der Waals surface area contributed by atoms with Crippen molar-refractivity contribution in [2.24, 2.45) is 0 Å². The van der Waals surface area contributed by atoms with Crippen molar-refractivity contribution in [1.29, 1.82) is 0 Å². The number of nitrogen functional groups attached to an aromatic ring is 1. The molecule has 2 aliphatic heterocycles. The lowest BCUT2D eigenvalue weighted by molar-refractivity contribution is 0.0745. The average Bonchev–Trinajstić information content (AvgIpc) is 2.97. The van der Waals surface area contributed by atoms with E-state index in [2.05, 4.69) is 29.1 Å². The van der Waals surface area contributed by atoms with Crippen LogP contribution in [0.1, 0.15) is 47.0 Å². The highest BCUT2D eigenvalue weighted by molar-refractivity contribution is 7.15. The first-order valence-corrected chi connectivity index (χ1v) is 8.65. The van der Waals surface area contributed by atoms with Crippen molar-refractivity contribution < 1.29 is 9.47 Å². The van der Waals surface area contributed by atoms with Gasteiger partial charge in [-0.15, -0.1) is 11.3 Å². The molecule has 1 fully saturated rings. The molecule has 0 spiro atoms. The summed E-state index contributed by atoms with van der Waals surface area (Å²) in [6, 6.07) is 6.94. The quantitative estimate of drug-likeness (QED) is 0.934. The lowest BCUT2D eigenvalue weighted by Crippen LogP contribution is -2.42. The first-order chi connectivity index (χ1) is 11.1. The predicted octanol–water partition coefficient (Wildman–Crippen LogP) is 3.35. The standard InChI is InChI=1S/C17H21N3O2S/c1-20-11-6-5-10(14-16(11)23-17(18)19-14)15(20)9-4-7-12(21-2)13(8-9)22-3/h4,7-8,10-11,15H,5-6H2,1-3H3,(H2,18,19). The lowest BCUT2D eigenvalue weighted by Gasteiger charge is -2.48. The molecular weight excluding hydrogens is 310 g/mol. The highest BCUT2D eigenvalue weighted by atomic mass is 32.1. The monoisotopic (exact) mass is 331 g/mol. The number of thiazole rings is 1. The van der Waals surface area contributed by atoms with Crippen molar-refractivity contribution in [3.05, 3.63) is 34.3 Å². The van der Waals surface area contributed by atoms with E-state index in [0.717, 1.165) is 17.9 Å². The van der Waals surface area contributed by atoms with E-state index >= 15 is 0 Å². The highest BCUT2D eigenvalue weighted by Crippen LogP contribution is 2.57. The van der Waals surface area contributed by atoms with E-state index < -0.39 is 0 Å². The number of likely N-dealkylation sites (N-methyl/N-ethyl adjacent to an activating group) is 1. The minimum atomic E-state index is 0.308. The zero-order valence-electron chi connectivity index (χ0n) is 13.6. The second-order valence-electron chi connectivity index (χ2n) is 6.23. The van der Waals surface area contributed by atoms with E-state index in [9.17, 15) is 0 Å². The Morgan fingerprint density at radius 3 is 2.74 bits per heavy atom. The van der Waals surface area contributed by atoms with E-state index in [1.165, 1.54) is 22.6 Å². The van der Waals surface area contributed by atoms with Crippen molar-refractivity contribution >= 4 is 16.5 Å². The van der Waals surface area contributed by atoms with E-state index in [-0.39, 0.29) is 0 Å². The van der Waals surface area contributed by atoms with Crippen LogP contribution in [0.5, 0.6) is 11.5 Å². The Labute approximate surface area is 140 Å². The summed E-state index contributed by atoms with van der Waals surface area (Å²) in [4.78, 5) is 8.46. The van der Waals surface area contributed by atoms with Gasteiger partial charge in [-0.3, -0.25) is 4.90 Å². The van der Waals surface area contributed by atoms with Gasteiger partial charge in [-0.1, -0.05) is 6.07 Å². The number of ether oxygens (including phenoxy) is 2. The number of nitrogens with zero attached hydrogens (tertiary/aromatic N) is 2. The topological polar surface area (TPSA) is 60.6 Å². The minimum Gasteiger partial charge on any atom is -0.493 e. The zero-order chi connectivity index (χ0) is 16.1. The Bertz CT molecular complexity index is 745. The molecule has 3 aliphatic rings. The molecule has 3 heterocycles. The first-order valence-electron chi connectivity index (χ1n) is 7.84. The van der Waals surface area contributed by atoms with Gasteiger partial charge < -0.3 is 15.2 Å². The van der Waals surface area contributed by atoms with Gasteiger partial charge in [0.05, 0.1) is 19.9 Å². The normalized spacial score (nSPS) is 26.1. The maximum Gasteiger partial charge on any atom is 0.180 e. The number of piperidine rings is 1. The fraction of sp³-hybridized carbons (Fsp3) is 0.471. The molecule has 5 rings (SSSR count). The average molecular weight is 331 g/mol. The molecule has 6 heteroatoms. The van der Waals surface area contributed by atoms with Gasteiger partial charge in [-0.2, -0.15) is 0 Å². The van der Waals surface area contributed by atoms with Crippen LogP contribution in [0.3, 0.4) is 0 Å². The summed E-state index contributed by atoms with van der Waals surface area (Å²) in [5.41, 5.74) is 8.43. The fourth-order valence-electron chi connectivity index (χ4n) is 4.15. The van der Waals surface area contributed by atoms with Crippen LogP contribution in [0.4, 0.5) is 5.13 Å². The van der Waals surface area contributed by atoms with Crippen LogP contribution in [-0.4, -0.2) is 31.2 Å². The SMILES string of the molecule is COc1ccc(C2C3CCC(c4sc(N)nc43)N2C)cc1OC. The van der Waals surface area contributed by atoms with E-state index in [4.69, 9.17) is 15.2 Å². The molecule has 122 valence electrons. The summed E-state index contributed by atoms with van der Waals surface area (Å²) in [6.07, 6.45) is 2.34. The smallest absolute Gasteiger partial charge is 0.180 e. The summed E-state index contributed by atoms with van der Waals surface area (Å²) in [5, 5.41) is 0.688. The van der Waals surface area contributed by atoms with Gasteiger partial charge in [-0.05, 0) is 37.6 Å². The Morgan fingerprint density at radius 2 is 2.00 bits per heavy atom. The third-order valence-electron chi connectivity index (χ3n) is 5.16. The number of anilines is 1. The molecule has 5 nitrogen and oxygen atoms in total. The van der Waals surface area contributed by atoms with Gasteiger partial charge in [0, 0.05) is 22.9 Å². The number of aromatic nitrogens is 1. The third kappa shape index (κ3) is 2.12. The van der Waals surface area contributed by atoms with E-state index in [0.29, 0.717) is 23.1 Å². The first kappa shape index (κ1) is 14.8. The van der Waals surface area contributed by atoms with E-state index in [1.807, 2.05) is 6.07 Å². The number of fused-ring (bicyclic) bond motifs is 2. The fourth-order valence-corrected chi connectivity index (χ4v) is 5.24. The summed E-state index contributed by atoms with van der Waals surface area (Å²) < 4.78 is 10.8. The van der Waals surface area contributed by atoms with Crippen molar-refractivity contribution in [2.75, 3.05) is 27.0 Å². The molecule has 3 atom stereocenters. The molecule has 2 N–H and O–H groups in total. The Kier molecular flexibility index (Phi) is 3.46. The molecule has 0 saturated carbocycles. The van der Waals surface area contributed by atoms with Crippen LogP contribution in [0.15, 0.2) is 18.2 Å². The molecule has 23 heavy (non-hydrogen) atoms. The third-order valence-corrected chi connectivity index (χ3v) is 6.16. The molecule has 2 bridgehead atoms. The van der Waals surface area contributed by atoms with Crippen molar-refractivity contribution in [3.8, 4) is 11.5 Å². The number of rotatable bonds is 3. The van der Waals surface area contributed by atoms with E-state index in [1.54, 1.807) is 25.6 Å². The van der Waals surface area contributed by atoms with Gasteiger partial charge in [0.25, 0.3) is 0 Å². The van der Waals surface area contributed by atoms with Gasteiger partial charge in [0.1, 0.15) is 0 Å². The summed E-state index contributed by atoms with van der Waals surface area (Å²) >= 11 is 1.65. The second-order valence-corrected chi connectivity index (χ2v) is 7.29. The maximum atomic E-state index is 5.98. The summed E-state index contributed by atoms with van der Waals surface area (Å²) in [7, 11) is 5.55. The molecule has 3 unspecified atom stereocenters. The van der Waals surface area contributed by atoms with Crippen LogP contribution in [0, 0.1) is 0 Å². The zero-order valence-corrected chi connectivity index (χ0v) is 14.4. The Morgan fingerprint density at radius 1 is 1.22 bits per heavy atom. The Hall–Kier alpha value is -1.79. The molecular formula is C17H21N3O2S. The predicted molar refractivity (Wildman–Crippen MR) is 91.3 cm³/mol. The number of hydrogen-bond acceptors (Lipinski definition) is 6. The van der Waals surface area contributed by atoms with Crippen LogP contribution in [0.25, 0.3) is 0 Å². The molecule has 1 saturated heterocycles. The Balaban J connectivity index is 1.78. The second kappa shape index (κ2) is 5.39.